The first kappa shape index (κ1) is 18.7. The molecule has 4 nitrogen and oxygen atoms in total. The lowest BCUT2D eigenvalue weighted by molar-refractivity contribution is 0.307. The summed E-state index contributed by atoms with van der Waals surface area (Å²) in [5.41, 5.74) is 0. The quantitative estimate of drug-likeness (QED) is 0.395. The van der Waals surface area contributed by atoms with E-state index in [1.165, 1.54) is 43.2 Å². The Morgan fingerprint density at radius 2 is 2.05 bits per heavy atom. The van der Waals surface area contributed by atoms with Gasteiger partial charge >= 0.3 is 0 Å². The first-order chi connectivity index (χ1) is 9.38. The number of rotatable bonds is 5. The summed E-state index contributed by atoms with van der Waals surface area (Å²) in [7, 11) is 1.86. The minimum Gasteiger partial charge on any atom is -0.355 e. The third-order valence-corrected chi connectivity index (χ3v) is 5.91. The molecular weight excluding hydrogens is 403 g/mol. The van der Waals surface area contributed by atoms with Crippen LogP contribution in [-0.2, 0) is 0 Å². The predicted octanol–water partition coefficient (Wildman–Crippen LogP) is 1.71. The van der Waals surface area contributed by atoms with Gasteiger partial charge in [0.05, 0.1) is 0 Å². The maximum atomic E-state index is 4.29. The Kier molecular flexibility index (Phi) is 10.5. The highest BCUT2D eigenvalue weighted by Gasteiger charge is 2.15. The second kappa shape index (κ2) is 11.3. The second-order valence-corrected chi connectivity index (χ2v) is 7.60. The van der Waals surface area contributed by atoms with Crippen molar-refractivity contribution in [1.82, 2.24) is 15.5 Å². The van der Waals surface area contributed by atoms with Gasteiger partial charge in [0, 0.05) is 56.5 Å². The van der Waals surface area contributed by atoms with Crippen molar-refractivity contribution in [2.45, 2.75) is 18.1 Å². The van der Waals surface area contributed by atoms with E-state index in [2.05, 4.69) is 44.0 Å². The van der Waals surface area contributed by atoms with Gasteiger partial charge in [-0.15, -0.1) is 24.0 Å². The van der Waals surface area contributed by atoms with Gasteiger partial charge in [-0.05, 0) is 18.6 Å². The molecule has 0 saturated carbocycles. The molecule has 2 N–H and O–H groups in total. The van der Waals surface area contributed by atoms with Crippen LogP contribution in [0.1, 0.15) is 12.8 Å². The van der Waals surface area contributed by atoms with Crippen LogP contribution in [0, 0.1) is 0 Å². The van der Waals surface area contributed by atoms with Crippen molar-refractivity contribution in [3.63, 3.8) is 0 Å². The van der Waals surface area contributed by atoms with Gasteiger partial charge in [-0.3, -0.25) is 9.89 Å². The van der Waals surface area contributed by atoms with Crippen molar-refractivity contribution >= 4 is 53.5 Å². The fourth-order valence-corrected chi connectivity index (χ4v) is 4.57. The van der Waals surface area contributed by atoms with E-state index < -0.39 is 0 Å². The second-order valence-electron chi connectivity index (χ2n) is 4.97. The number of hydrogen-bond donors (Lipinski definition) is 2. The molecule has 0 radical (unpaired) electrons. The lowest BCUT2D eigenvalue weighted by Gasteiger charge is -2.26. The van der Waals surface area contributed by atoms with E-state index in [-0.39, 0.29) is 24.0 Å². The monoisotopic (exact) mass is 430 g/mol. The van der Waals surface area contributed by atoms with E-state index in [9.17, 15) is 0 Å². The summed E-state index contributed by atoms with van der Waals surface area (Å²) in [5, 5.41) is 7.64. The topological polar surface area (TPSA) is 39.7 Å². The SMILES string of the molecule is CN=C(NCCN1CCSCC1)NCC1CCCS1.I. The van der Waals surface area contributed by atoms with Crippen LogP contribution >= 0.6 is 47.5 Å². The minimum atomic E-state index is 0. The molecule has 2 rings (SSSR count). The van der Waals surface area contributed by atoms with Crippen molar-refractivity contribution in [2.24, 2.45) is 4.99 Å². The average molecular weight is 430 g/mol. The van der Waals surface area contributed by atoms with Gasteiger partial charge in [0.1, 0.15) is 0 Å². The van der Waals surface area contributed by atoms with Crippen LogP contribution in [0.5, 0.6) is 0 Å². The molecule has 0 aromatic heterocycles. The van der Waals surface area contributed by atoms with Gasteiger partial charge < -0.3 is 10.6 Å². The molecule has 0 aromatic carbocycles. The molecular formula is C13H27IN4S2. The van der Waals surface area contributed by atoms with Crippen LogP contribution in [0.4, 0.5) is 0 Å². The minimum absolute atomic E-state index is 0. The normalized spacial score (nSPS) is 24.2. The third kappa shape index (κ3) is 7.09. The summed E-state index contributed by atoms with van der Waals surface area (Å²) in [6.45, 7) is 5.63. The van der Waals surface area contributed by atoms with Crippen LogP contribution in [0.3, 0.4) is 0 Å². The Labute approximate surface area is 148 Å². The number of halogens is 1. The molecule has 7 heteroatoms. The molecule has 2 heterocycles. The van der Waals surface area contributed by atoms with Gasteiger partial charge in [-0.2, -0.15) is 23.5 Å². The van der Waals surface area contributed by atoms with E-state index in [4.69, 9.17) is 0 Å². The lowest BCUT2D eigenvalue weighted by atomic mass is 10.2. The van der Waals surface area contributed by atoms with Crippen molar-refractivity contribution in [1.29, 1.82) is 0 Å². The zero-order valence-corrected chi connectivity index (χ0v) is 16.2. The van der Waals surface area contributed by atoms with Crippen LogP contribution in [-0.4, -0.2) is 73.1 Å². The molecule has 0 aromatic rings. The number of thioether (sulfide) groups is 2. The van der Waals surface area contributed by atoms with Crippen molar-refractivity contribution in [2.75, 3.05) is 57.0 Å². The van der Waals surface area contributed by atoms with Crippen LogP contribution < -0.4 is 10.6 Å². The Bertz CT molecular complexity index is 280. The Morgan fingerprint density at radius 3 is 2.70 bits per heavy atom. The standard InChI is InChI=1S/C13H26N4S2.HI/c1-14-13(16-11-12-3-2-8-19-12)15-4-5-17-6-9-18-10-7-17;/h12H,2-11H2,1H3,(H2,14,15,16);1H. The molecule has 118 valence electrons. The van der Waals surface area contributed by atoms with E-state index in [0.29, 0.717) is 0 Å². The molecule has 2 aliphatic heterocycles. The highest BCUT2D eigenvalue weighted by atomic mass is 127. The number of hydrogen-bond acceptors (Lipinski definition) is 4. The summed E-state index contributed by atoms with van der Waals surface area (Å²) in [6, 6.07) is 0. The Balaban J connectivity index is 0.00000200. The summed E-state index contributed by atoms with van der Waals surface area (Å²) in [5.74, 6) is 4.85. The van der Waals surface area contributed by atoms with Gasteiger partial charge in [0.15, 0.2) is 5.96 Å². The summed E-state index contributed by atoms with van der Waals surface area (Å²) < 4.78 is 0. The van der Waals surface area contributed by atoms with Crippen molar-refractivity contribution in [3.8, 4) is 0 Å². The van der Waals surface area contributed by atoms with Crippen molar-refractivity contribution in [3.05, 3.63) is 0 Å². The highest BCUT2D eigenvalue weighted by molar-refractivity contribution is 14.0. The predicted molar refractivity (Wildman–Crippen MR) is 104 cm³/mol. The average Bonchev–Trinajstić information content (AvgIpc) is 2.97. The maximum absolute atomic E-state index is 4.29. The van der Waals surface area contributed by atoms with Crippen LogP contribution in [0.2, 0.25) is 0 Å². The molecule has 1 atom stereocenters. The molecule has 2 saturated heterocycles. The zero-order valence-electron chi connectivity index (χ0n) is 12.3. The van der Waals surface area contributed by atoms with Gasteiger partial charge in [-0.1, -0.05) is 0 Å². The van der Waals surface area contributed by atoms with Gasteiger partial charge in [0.2, 0.25) is 0 Å². The number of guanidine groups is 1. The smallest absolute Gasteiger partial charge is 0.191 e. The first-order valence-electron chi connectivity index (χ1n) is 7.24. The molecule has 20 heavy (non-hydrogen) atoms. The van der Waals surface area contributed by atoms with Gasteiger partial charge in [0.25, 0.3) is 0 Å². The molecule has 0 bridgehead atoms. The lowest BCUT2D eigenvalue weighted by Crippen LogP contribution is -2.44. The number of aliphatic imine (C=N–C) groups is 1. The number of nitrogens with one attached hydrogen (secondary N) is 2. The van der Waals surface area contributed by atoms with Crippen molar-refractivity contribution < 1.29 is 0 Å². The Hall–Kier alpha value is 0.660. The molecule has 0 aliphatic carbocycles. The number of nitrogens with zero attached hydrogens (tertiary/aromatic N) is 2. The summed E-state index contributed by atoms with van der Waals surface area (Å²) in [6.07, 6.45) is 2.72. The maximum Gasteiger partial charge on any atom is 0.191 e. The molecule has 0 amide bonds. The van der Waals surface area contributed by atoms with Crippen LogP contribution in [0.25, 0.3) is 0 Å². The summed E-state index contributed by atoms with van der Waals surface area (Å²) in [4.78, 5) is 6.83. The van der Waals surface area contributed by atoms with E-state index in [1.807, 2.05) is 7.05 Å². The third-order valence-electron chi connectivity index (χ3n) is 3.57. The Morgan fingerprint density at radius 1 is 1.25 bits per heavy atom. The summed E-state index contributed by atoms with van der Waals surface area (Å²) >= 11 is 4.15. The molecule has 0 spiro atoms. The van der Waals surface area contributed by atoms with Gasteiger partial charge in [-0.25, -0.2) is 0 Å². The fourth-order valence-electron chi connectivity index (χ4n) is 2.39. The highest BCUT2D eigenvalue weighted by Crippen LogP contribution is 2.25. The first-order valence-corrected chi connectivity index (χ1v) is 9.45. The van der Waals surface area contributed by atoms with E-state index in [1.54, 1.807) is 0 Å². The largest absolute Gasteiger partial charge is 0.355 e. The van der Waals surface area contributed by atoms with E-state index in [0.717, 1.165) is 30.8 Å². The zero-order chi connectivity index (χ0) is 13.3. The molecule has 2 aliphatic rings. The molecule has 1 unspecified atom stereocenters. The fraction of sp³-hybridized carbons (Fsp3) is 0.923. The van der Waals surface area contributed by atoms with Crippen LogP contribution in [0.15, 0.2) is 4.99 Å². The molecule has 2 fully saturated rings. The van der Waals surface area contributed by atoms with E-state index >= 15 is 0 Å².